The third-order valence-corrected chi connectivity index (χ3v) is 2.52. The normalized spacial score (nSPS) is 13.2. The molecule has 2 nitrogen and oxygen atoms in total. The quantitative estimate of drug-likeness (QED) is 0.547. The lowest BCUT2D eigenvalue weighted by Gasteiger charge is -2.11. The minimum absolute atomic E-state index is 0.763. The van der Waals surface area contributed by atoms with Gasteiger partial charge in [-0.25, -0.2) is 0 Å². The highest BCUT2D eigenvalue weighted by Crippen LogP contribution is 2.13. The zero-order valence-electron chi connectivity index (χ0n) is 8.11. The number of unbranched alkanes of at least 4 members (excludes halogenated alkanes) is 1. The summed E-state index contributed by atoms with van der Waals surface area (Å²) >= 11 is 1.98. The van der Waals surface area contributed by atoms with E-state index in [-0.39, 0.29) is 0 Å². The van der Waals surface area contributed by atoms with Crippen LogP contribution in [0.1, 0.15) is 32.6 Å². The molecule has 0 aliphatic rings. The lowest BCUT2D eigenvalue weighted by Crippen LogP contribution is -2.09. The highest BCUT2D eigenvalue weighted by atomic mass is 127. The molecule has 0 heterocycles. The molecule has 1 atom stereocenters. The van der Waals surface area contributed by atoms with Crippen molar-refractivity contribution in [2.24, 2.45) is 5.92 Å². The predicted molar refractivity (Wildman–Crippen MR) is 61.5 cm³/mol. The zero-order valence-corrected chi connectivity index (χ0v) is 10.3. The fraction of sp³-hybridized carbons (Fsp3) is 1.00. The van der Waals surface area contributed by atoms with E-state index in [1.807, 2.05) is 30.1 Å². The van der Waals surface area contributed by atoms with Crippen LogP contribution >= 0.6 is 23.0 Å². The topological polar surface area (TPSA) is 21.3 Å². The summed E-state index contributed by atoms with van der Waals surface area (Å²) in [5, 5.41) is 3.16. The molecule has 0 amide bonds. The van der Waals surface area contributed by atoms with Gasteiger partial charge in [0.05, 0.1) is 6.61 Å². The molecule has 0 aliphatic carbocycles. The van der Waals surface area contributed by atoms with E-state index in [0.717, 1.165) is 19.1 Å². The van der Waals surface area contributed by atoms with Crippen molar-refractivity contribution in [3.05, 3.63) is 0 Å². The average Bonchev–Trinajstić information content (AvgIpc) is 2.10. The van der Waals surface area contributed by atoms with Crippen molar-refractivity contribution in [2.45, 2.75) is 32.6 Å². The van der Waals surface area contributed by atoms with Gasteiger partial charge in [-0.2, -0.15) is 0 Å². The molecule has 0 saturated heterocycles. The Morgan fingerprint density at radius 2 is 2.17 bits per heavy atom. The molecule has 1 N–H and O–H groups in total. The number of halogens is 1. The Morgan fingerprint density at radius 1 is 1.42 bits per heavy atom. The van der Waals surface area contributed by atoms with Gasteiger partial charge in [0, 0.05) is 0 Å². The van der Waals surface area contributed by atoms with E-state index in [4.69, 9.17) is 3.07 Å². The Balaban J connectivity index is 3.19. The van der Waals surface area contributed by atoms with Crippen LogP contribution in [0.4, 0.5) is 0 Å². The first kappa shape index (κ1) is 12.7. The van der Waals surface area contributed by atoms with E-state index in [2.05, 4.69) is 12.2 Å². The van der Waals surface area contributed by atoms with Crippen molar-refractivity contribution in [3.8, 4) is 0 Å². The second-order valence-corrected chi connectivity index (χ2v) is 3.77. The van der Waals surface area contributed by atoms with E-state index < -0.39 is 0 Å². The van der Waals surface area contributed by atoms with E-state index in [1.165, 1.54) is 25.7 Å². The first-order chi connectivity index (χ1) is 5.85. The van der Waals surface area contributed by atoms with Gasteiger partial charge < -0.3 is 8.38 Å². The molecular formula is C9H20INO. The van der Waals surface area contributed by atoms with Crippen LogP contribution in [0.5, 0.6) is 0 Å². The van der Waals surface area contributed by atoms with Gasteiger partial charge in [0.2, 0.25) is 0 Å². The molecule has 0 aliphatic heterocycles. The van der Waals surface area contributed by atoms with Crippen LogP contribution in [0.15, 0.2) is 0 Å². The maximum atomic E-state index is 5.11. The van der Waals surface area contributed by atoms with Gasteiger partial charge in [-0.15, -0.1) is 0 Å². The molecule has 3 heteroatoms. The highest BCUT2D eigenvalue weighted by Gasteiger charge is 2.04. The van der Waals surface area contributed by atoms with Crippen LogP contribution in [-0.4, -0.2) is 20.2 Å². The van der Waals surface area contributed by atoms with Crippen LogP contribution < -0.4 is 5.32 Å². The summed E-state index contributed by atoms with van der Waals surface area (Å²) in [7, 11) is 2.01. The second-order valence-electron chi connectivity index (χ2n) is 3.15. The first-order valence-corrected chi connectivity index (χ1v) is 5.61. The molecular weight excluding hydrogens is 265 g/mol. The van der Waals surface area contributed by atoms with Crippen LogP contribution in [0.25, 0.3) is 0 Å². The molecule has 0 fully saturated rings. The Hall–Kier alpha value is 0.650. The van der Waals surface area contributed by atoms with E-state index in [0.29, 0.717) is 0 Å². The molecule has 0 spiro atoms. The molecule has 0 radical (unpaired) electrons. The van der Waals surface area contributed by atoms with Gasteiger partial charge in [0.15, 0.2) is 0 Å². The van der Waals surface area contributed by atoms with Gasteiger partial charge in [-0.05, 0) is 32.4 Å². The number of hydrogen-bond donors (Lipinski definition) is 1. The van der Waals surface area contributed by atoms with Crippen molar-refractivity contribution in [1.82, 2.24) is 5.32 Å². The van der Waals surface area contributed by atoms with E-state index in [1.54, 1.807) is 0 Å². The Bertz CT molecular complexity index is 90.6. The number of rotatable bonds is 8. The third-order valence-electron chi connectivity index (χ3n) is 2.17. The van der Waals surface area contributed by atoms with Gasteiger partial charge in [-0.3, -0.25) is 0 Å². The summed E-state index contributed by atoms with van der Waals surface area (Å²) < 4.78 is 5.11. The molecule has 0 saturated carbocycles. The average molecular weight is 285 g/mol. The van der Waals surface area contributed by atoms with Gasteiger partial charge in [-0.1, -0.05) is 19.8 Å². The number of hydrogen-bond acceptors (Lipinski definition) is 2. The smallest absolute Gasteiger partial charge is 0.109 e. The first-order valence-electron chi connectivity index (χ1n) is 4.73. The van der Waals surface area contributed by atoms with Crippen molar-refractivity contribution >= 4 is 23.0 Å². The molecule has 74 valence electrons. The van der Waals surface area contributed by atoms with Crippen LogP contribution in [0, 0.1) is 5.92 Å². The minimum Gasteiger partial charge on any atom is -0.320 e. The Labute approximate surface area is 90.1 Å². The molecule has 12 heavy (non-hydrogen) atoms. The van der Waals surface area contributed by atoms with Crippen molar-refractivity contribution in [1.29, 1.82) is 0 Å². The van der Waals surface area contributed by atoms with Crippen LogP contribution in [-0.2, 0) is 3.07 Å². The maximum Gasteiger partial charge on any atom is 0.109 e. The van der Waals surface area contributed by atoms with Crippen LogP contribution in [0.3, 0.4) is 0 Å². The largest absolute Gasteiger partial charge is 0.320 e. The molecule has 0 bridgehead atoms. The molecule has 0 aromatic carbocycles. The lowest BCUT2D eigenvalue weighted by molar-refractivity contribution is 0.295. The minimum atomic E-state index is 0.763. The lowest BCUT2D eigenvalue weighted by atomic mass is 10.0. The van der Waals surface area contributed by atoms with Gasteiger partial charge in [0.25, 0.3) is 0 Å². The summed E-state index contributed by atoms with van der Waals surface area (Å²) in [6.07, 6.45) is 5.15. The van der Waals surface area contributed by atoms with E-state index in [9.17, 15) is 0 Å². The summed E-state index contributed by atoms with van der Waals surface area (Å²) in [6, 6.07) is 0. The zero-order chi connectivity index (χ0) is 9.23. The summed E-state index contributed by atoms with van der Waals surface area (Å²) in [5.41, 5.74) is 0. The molecule has 0 rings (SSSR count). The highest BCUT2D eigenvalue weighted by molar-refractivity contribution is 14.1. The van der Waals surface area contributed by atoms with Crippen molar-refractivity contribution < 1.29 is 3.07 Å². The number of nitrogens with one attached hydrogen (secondary N) is 1. The Morgan fingerprint density at radius 3 is 2.67 bits per heavy atom. The van der Waals surface area contributed by atoms with Crippen molar-refractivity contribution in [2.75, 3.05) is 20.2 Å². The van der Waals surface area contributed by atoms with E-state index >= 15 is 0 Å². The summed E-state index contributed by atoms with van der Waals surface area (Å²) in [5.74, 6) is 0.763. The fourth-order valence-electron chi connectivity index (χ4n) is 1.23. The molecule has 0 aromatic heterocycles. The van der Waals surface area contributed by atoms with Gasteiger partial charge >= 0.3 is 0 Å². The van der Waals surface area contributed by atoms with Crippen LogP contribution in [0.2, 0.25) is 0 Å². The third kappa shape index (κ3) is 7.31. The summed E-state index contributed by atoms with van der Waals surface area (Å²) in [6.45, 7) is 4.29. The molecule has 0 aromatic rings. The Kier molecular flexibility index (Phi) is 10.3. The SMILES string of the molecule is CCC(CCCCNC)COI. The molecule has 1 unspecified atom stereocenters. The monoisotopic (exact) mass is 285 g/mol. The maximum absolute atomic E-state index is 5.11. The summed E-state index contributed by atoms with van der Waals surface area (Å²) in [4.78, 5) is 0. The fourth-order valence-corrected chi connectivity index (χ4v) is 1.74. The predicted octanol–water partition coefficient (Wildman–Crippen LogP) is 2.77. The standard InChI is InChI=1S/C9H20INO/c1-3-9(8-12-10)6-4-5-7-11-2/h9,11H,3-8H2,1-2H3. The van der Waals surface area contributed by atoms with Crippen molar-refractivity contribution in [3.63, 3.8) is 0 Å². The second kappa shape index (κ2) is 9.74. The van der Waals surface area contributed by atoms with Gasteiger partial charge in [0.1, 0.15) is 23.0 Å².